The number of halogens is 1. The fraction of sp³-hybridized carbons (Fsp3) is 0.318. The van der Waals surface area contributed by atoms with Crippen molar-refractivity contribution in [3.05, 3.63) is 59.9 Å². The van der Waals surface area contributed by atoms with E-state index in [9.17, 15) is 9.18 Å². The Balaban J connectivity index is 1.58. The third-order valence-corrected chi connectivity index (χ3v) is 6.37. The van der Waals surface area contributed by atoms with E-state index >= 15 is 0 Å². The Morgan fingerprint density at radius 2 is 1.79 bits per heavy atom. The first-order valence-corrected chi connectivity index (χ1v) is 10.5. The molecular formula is C22H24FN3OS. The first-order valence-electron chi connectivity index (χ1n) is 9.67. The van der Waals surface area contributed by atoms with Gasteiger partial charge in [0.2, 0.25) is 5.91 Å². The van der Waals surface area contributed by atoms with E-state index in [0.717, 1.165) is 59.1 Å². The molecule has 1 N–H and O–H groups in total. The Morgan fingerprint density at radius 1 is 1.07 bits per heavy atom. The molecule has 0 aliphatic carbocycles. The first-order chi connectivity index (χ1) is 13.6. The van der Waals surface area contributed by atoms with Gasteiger partial charge in [0.15, 0.2) is 0 Å². The van der Waals surface area contributed by atoms with Gasteiger partial charge in [0.1, 0.15) is 5.82 Å². The highest BCUT2D eigenvalue weighted by atomic mass is 32.2. The van der Waals surface area contributed by atoms with Gasteiger partial charge in [0.25, 0.3) is 0 Å². The normalized spacial score (nSPS) is 15.3. The van der Waals surface area contributed by atoms with Gasteiger partial charge < -0.3 is 14.8 Å². The van der Waals surface area contributed by atoms with E-state index in [4.69, 9.17) is 0 Å². The summed E-state index contributed by atoms with van der Waals surface area (Å²) in [5, 5.41) is 2.03. The van der Waals surface area contributed by atoms with Crippen molar-refractivity contribution in [2.45, 2.75) is 23.3 Å². The zero-order valence-electron chi connectivity index (χ0n) is 16.0. The predicted molar refractivity (Wildman–Crippen MR) is 111 cm³/mol. The number of aromatic amines is 1. The average molecular weight is 398 g/mol. The van der Waals surface area contributed by atoms with E-state index < -0.39 is 0 Å². The minimum absolute atomic E-state index is 0.168. The molecule has 1 saturated heterocycles. The second kappa shape index (κ2) is 8.37. The van der Waals surface area contributed by atoms with E-state index in [-0.39, 0.29) is 11.7 Å². The molecular weight excluding hydrogens is 373 g/mol. The molecule has 4 rings (SSSR count). The number of nitrogens with one attached hydrogen (secondary N) is 1. The Bertz CT molecular complexity index is 962. The maximum Gasteiger partial charge on any atom is 0.227 e. The summed E-state index contributed by atoms with van der Waals surface area (Å²) in [5.74, 6) is -0.0796. The highest BCUT2D eigenvalue weighted by Crippen LogP contribution is 2.35. The number of benzene rings is 2. The summed E-state index contributed by atoms with van der Waals surface area (Å²) >= 11 is 1.54. The number of fused-ring (bicyclic) bond motifs is 1. The SMILES string of the molecule is CCN1CCN(C(=O)Cc2c(Sc3ccc(F)cc3)[nH]c3ccccc23)CC1. The lowest BCUT2D eigenvalue weighted by Gasteiger charge is -2.34. The van der Waals surface area contributed by atoms with Crippen LogP contribution in [0.3, 0.4) is 0 Å². The summed E-state index contributed by atoms with van der Waals surface area (Å²) in [5.41, 5.74) is 2.04. The van der Waals surface area contributed by atoms with Gasteiger partial charge in [-0.1, -0.05) is 36.9 Å². The van der Waals surface area contributed by atoms with Gasteiger partial charge in [-0.05, 0) is 36.9 Å². The van der Waals surface area contributed by atoms with Crippen molar-refractivity contribution in [1.29, 1.82) is 0 Å². The number of carbonyl (C=O) groups excluding carboxylic acids is 1. The number of carbonyl (C=O) groups is 1. The van der Waals surface area contributed by atoms with Crippen LogP contribution in [0.1, 0.15) is 12.5 Å². The fourth-order valence-corrected chi connectivity index (χ4v) is 4.61. The number of hydrogen-bond donors (Lipinski definition) is 1. The topological polar surface area (TPSA) is 39.3 Å². The molecule has 2 aromatic carbocycles. The van der Waals surface area contributed by atoms with Crippen LogP contribution in [0, 0.1) is 5.82 Å². The number of amides is 1. The molecule has 0 saturated carbocycles. The summed E-state index contributed by atoms with van der Waals surface area (Å²) in [6.07, 6.45) is 0.375. The molecule has 0 atom stereocenters. The Hall–Kier alpha value is -2.31. The van der Waals surface area contributed by atoms with Crippen LogP contribution in [0.2, 0.25) is 0 Å². The lowest BCUT2D eigenvalue weighted by atomic mass is 10.1. The Morgan fingerprint density at radius 3 is 2.50 bits per heavy atom. The Labute approximate surface area is 168 Å². The molecule has 1 aliphatic rings. The smallest absolute Gasteiger partial charge is 0.227 e. The first kappa shape index (κ1) is 19.0. The second-order valence-corrected chi connectivity index (χ2v) is 8.11. The van der Waals surface area contributed by atoms with E-state index in [1.54, 1.807) is 23.9 Å². The minimum atomic E-state index is -0.248. The van der Waals surface area contributed by atoms with Crippen molar-refractivity contribution in [2.24, 2.45) is 0 Å². The zero-order valence-corrected chi connectivity index (χ0v) is 16.8. The van der Waals surface area contributed by atoms with Crippen molar-refractivity contribution in [3.63, 3.8) is 0 Å². The molecule has 1 aromatic heterocycles. The number of rotatable bonds is 5. The summed E-state index contributed by atoms with van der Waals surface area (Å²) in [6.45, 7) is 6.64. The van der Waals surface area contributed by atoms with Gasteiger partial charge in [-0.2, -0.15) is 0 Å². The summed E-state index contributed by atoms with van der Waals surface area (Å²) in [6, 6.07) is 14.5. The van der Waals surface area contributed by atoms with Crippen molar-refractivity contribution >= 4 is 28.6 Å². The molecule has 1 aliphatic heterocycles. The van der Waals surface area contributed by atoms with Crippen LogP contribution in [0.15, 0.2) is 58.5 Å². The maximum absolute atomic E-state index is 13.2. The lowest BCUT2D eigenvalue weighted by Crippen LogP contribution is -2.48. The standard InChI is InChI=1S/C22H24FN3OS/c1-2-25-11-13-26(14-12-25)21(27)15-19-18-5-3-4-6-20(18)24-22(19)28-17-9-7-16(23)8-10-17/h3-10,24H,2,11-15H2,1H3. The number of nitrogens with zero attached hydrogens (tertiary/aromatic N) is 2. The minimum Gasteiger partial charge on any atom is -0.349 e. The summed E-state index contributed by atoms with van der Waals surface area (Å²) in [7, 11) is 0. The third-order valence-electron chi connectivity index (χ3n) is 5.31. The molecule has 0 spiro atoms. The molecule has 6 heteroatoms. The summed E-state index contributed by atoms with van der Waals surface area (Å²) in [4.78, 5) is 21.7. The van der Waals surface area contributed by atoms with Crippen molar-refractivity contribution in [3.8, 4) is 0 Å². The second-order valence-electron chi connectivity index (χ2n) is 7.03. The maximum atomic E-state index is 13.2. The molecule has 1 amide bonds. The zero-order chi connectivity index (χ0) is 19.5. The van der Waals surface area contributed by atoms with Gasteiger partial charge in [0.05, 0.1) is 11.4 Å². The van der Waals surface area contributed by atoms with Crippen LogP contribution in [0.4, 0.5) is 4.39 Å². The predicted octanol–water partition coefficient (Wildman–Crippen LogP) is 4.16. The van der Waals surface area contributed by atoms with Crippen molar-refractivity contribution < 1.29 is 9.18 Å². The molecule has 146 valence electrons. The van der Waals surface area contributed by atoms with Crippen LogP contribution in [0.5, 0.6) is 0 Å². The van der Waals surface area contributed by atoms with E-state index in [2.05, 4.69) is 22.9 Å². The summed E-state index contributed by atoms with van der Waals surface area (Å²) < 4.78 is 13.2. The van der Waals surface area contributed by atoms with Crippen LogP contribution in [-0.4, -0.2) is 53.4 Å². The number of H-pyrrole nitrogens is 1. The number of aromatic nitrogens is 1. The Kier molecular flexibility index (Phi) is 5.69. The van der Waals surface area contributed by atoms with Crippen molar-refractivity contribution in [2.75, 3.05) is 32.7 Å². The quantitative estimate of drug-likeness (QED) is 0.703. The van der Waals surface area contributed by atoms with Gasteiger partial charge in [0, 0.05) is 47.5 Å². The number of para-hydroxylation sites is 1. The van der Waals surface area contributed by atoms with Crippen LogP contribution in [0.25, 0.3) is 10.9 Å². The number of piperazine rings is 1. The van der Waals surface area contributed by atoms with Crippen LogP contribution < -0.4 is 0 Å². The van der Waals surface area contributed by atoms with Gasteiger partial charge in [-0.3, -0.25) is 4.79 Å². The highest BCUT2D eigenvalue weighted by molar-refractivity contribution is 7.99. The third kappa shape index (κ3) is 4.08. The number of likely N-dealkylation sites (N-methyl/N-ethyl adjacent to an activating group) is 1. The van der Waals surface area contributed by atoms with Crippen LogP contribution in [-0.2, 0) is 11.2 Å². The molecule has 0 unspecified atom stereocenters. The van der Waals surface area contributed by atoms with E-state index in [1.165, 1.54) is 12.1 Å². The molecule has 1 fully saturated rings. The largest absolute Gasteiger partial charge is 0.349 e. The molecule has 2 heterocycles. The van der Waals surface area contributed by atoms with Crippen molar-refractivity contribution in [1.82, 2.24) is 14.8 Å². The average Bonchev–Trinajstić information content (AvgIpc) is 3.07. The number of hydrogen-bond acceptors (Lipinski definition) is 3. The molecule has 28 heavy (non-hydrogen) atoms. The molecule has 3 aromatic rings. The highest BCUT2D eigenvalue weighted by Gasteiger charge is 2.23. The van der Waals surface area contributed by atoms with Gasteiger partial charge in [-0.15, -0.1) is 0 Å². The van der Waals surface area contributed by atoms with E-state index in [0.29, 0.717) is 6.42 Å². The van der Waals surface area contributed by atoms with Gasteiger partial charge in [-0.25, -0.2) is 4.39 Å². The molecule has 0 bridgehead atoms. The van der Waals surface area contributed by atoms with Crippen LogP contribution >= 0.6 is 11.8 Å². The monoisotopic (exact) mass is 397 g/mol. The fourth-order valence-electron chi connectivity index (χ4n) is 3.63. The molecule has 0 radical (unpaired) electrons. The lowest BCUT2D eigenvalue weighted by molar-refractivity contribution is -0.132. The van der Waals surface area contributed by atoms with Gasteiger partial charge >= 0.3 is 0 Å². The molecule has 4 nitrogen and oxygen atoms in total. The van der Waals surface area contributed by atoms with E-state index in [1.807, 2.05) is 23.1 Å².